The molecule has 0 aromatic heterocycles. The summed E-state index contributed by atoms with van der Waals surface area (Å²) >= 11 is 0. The van der Waals surface area contributed by atoms with Gasteiger partial charge < -0.3 is 9.80 Å². The van der Waals surface area contributed by atoms with Gasteiger partial charge in [-0.2, -0.15) is 0 Å². The fraction of sp³-hybridized carbons (Fsp3) is 0.600. The maximum absolute atomic E-state index is 2.61. The van der Waals surface area contributed by atoms with E-state index in [1.54, 1.807) is 11.4 Å². The van der Waals surface area contributed by atoms with Crippen LogP contribution in [0.3, 0.4) is 0 Å². The van der Waals surface area contributed by atoms with E-state index in [0.29, 0.717) is 11.8 Å². The maximum Gasteiger partial charge on any atom is 0.0899 e. The van der Waals surface area contributed by atoms with Gasteiger partial charge in [-0.15, -0.1) is 0 Å². The van der Waals surface area contributed by atoms with E-state index in [-0.39, 0.29) is 0 Å². The number of hydrogen-bond donors (Lipinski definition) is 0. The molecule has 2 aliphatic carbocycles. The zero-order valence-corrected chi connectivity index (χ0v) is 15.0. The van der Waals surface area contributed by atoms with Crippen LogP contribution in [-0.4, -0.2) is 29.6 Å². The van der Waals surface area contributed by atoms with Gasteiger partial charge in [0, 0.05) is 36.3 Å². The molecule has 0 N–H and O–H groups in total. The topological polar surface area (TPSA) is 6.48 Å². The highest BCUT2D eigenvalue weighted by molar-refractivity contribution is 5.40. The van der Waals surface area contributed by atoms with Gasteiger partial charge >= 0.3 is 0 Å². The van der Waals surface area contributed by atoms with Gasteiger partial charge in [0.1, 0.15) is 0 Å². The lowest BCUT2D eigenvalue weighted by Crippen LogP contribution is -2.30. The Hall–Kier alpha value is -1.44. The Bertz CT molecular complexity index is 603. The number of allylic oxidation sites excluding steroid dienone is 7. The van der Waals surface area contributed by atoms with E-state index >= 15 is 0 Å². The predicted octanol–water partition coefficient (Wildman–Crippen LogP) is 4.69. The summed E-state index contributed by atoms with van der Waals surface area (Å²) in [5.74, 6) is 1.24. The minimum absolute atomic E-state index is 0.584. The van der Waals surface area contributed by atoms with Crippen LogP contribution in [0.4, 0.5) is 0 Å². The predicted molar refractivity (Wildman–Crippen MR) is 94.1 cm³/mol. The van der Waals surface area contributed by atoms with Crippen molar-refractivity contribution in [2.45, 2.75) is 48.0 Å². The summed E-state index contributed by atoms with van der Waals surface area (Å²) in [6, 6.07) is 0. The summed E-state index contributed by atoms with van der Waals surface area (Å²) in [5.41, 5.74) is 9.08. The molecule has 0 bridgehead atoms. The summed E-state index contributed by atoms with van der Waals surface area (Å²) in [5, 5.41) is 0. The number of hydrogen-bond acceptors (Lipinski definition) is 2. The van der Waals surface area contributed by atoms with Crippen LogP contribution in [0, 0.1) is 11.8 Å². The SMILES string of the molecule is CC1=CC(C)=C(N2CCN(C3=C(C)C=C(C)[C@H]3C)C2)[C@@H](C)C1. The Morgan fingerprint density at radius 1 is 0.864 bits per heavy atom. The molecular formula is C20H30N2. The van der Waals surface area contributed by atoms with Gasteiger partial charge in [-0.25, -0.2) is 0 Å². The molecule has 0 amide bonds. The molecule has 2 nitrogen and oxygen atoms in total. The highest BCUT2D eigenvalue weighted by atomic mass is 15.4. The molecule has 0 aromatic carbocycles. The van der Waals surface area contributed by atoms with Crippen molar-refractivity contribution in [2.24, 2.45) is 11.8 Å². The monoisotopic (exact) mass is 298 g/mol. The Labute approximate surface area is 135 Å². The summed E-state index contributed by atoms with van der Waals surface area (Å²) in [6.07, 6.45) is 5.96. The van der Waals surface area contributed by atoms with Crippen LogP contribution < -0.4 is 0 Å². The van der Waals surface area contributed by atoms with Crippen LogP contribution in [0.15, 0.2) is 45.8 Å². The second kappa shape index (κ2) is 5.64. The van der Waals surface area contributed by atoms with Gasteiger partial charge in [-0.3, -0.25) is 0 Å². The lowest BCUT2D eigenvalue weighted by atomic mass is 9.89. The van der Waals surface area contributed by atoms with Crippen molar-refractivity contribution in [1.29, 1.82) is 0 Å². The first-order valence-corrected chi connectivity index (χ1v) is 8.65. The van der Waals surface area contributed by atoms with Crippen molar-refractivity contribution >= 4 is 0 Å². The molecule has 0 radical (unpaired) electrons. The minimum Gasteiger partial charge on any atom is -0.355 e. The van der Waals surface area contributed by atoms with E-state index in [9.17, 15) is 0 Å². The number of nitrogens with zero attached hydrogens (tertiary/aromatic N) is 2. The van der Waals surface area contributed by atoms with E-state index in [2.05, 4.69) is 63.5 Å². The van der Waals surface area contributed by atoms with Crippen LogP contribution in [0.25, 0.3) is 0 Å². The summed E-state index contributed by atoms with van der Waals surface area (Å²) in [6.45, 7) is 17.2. The minimum atomic E-state index is 0.584. The molecule has 22 heavy (non-hydrogen) atoms. The van der Waals surface area contributed by atoms with E-state index in [1.165, 1.54) is 28.7 Å². The number of rotatable bonds is 2. The molecule has 120 valence electrons. The van der Waals surface area contributed by atoms with Crippen LogP contribution in [0.5, 0.6) is 0 Å². The molecule has 1 saturated heterocycles. The first-order valence-electron chi connectivity index (χ1n) is 8.65. The third-order valence-electron chi connectivity index (χ3n) is 5.57. The molecule has 1 fully saturated rings. The van der Waals surface area contributed by atoms with Crippen molar-refractivity contribution in [3.05, 3.63) is 45.8 Å². The largest absolute Gasteiger partial charge is 0.355 e. The highest BCUT2D eigenvalue weighted by Gasteiger charge is 2.32. The van der Waals surface area contributed by atoms with Gasteiger partial charge in [0.05, 0.1) is 6.67 Å². The highest BCUT2D eigenvalue weighted by Crippen LogP contribution is 2.37. The van der Waals surface area contributed by atoms with Crippen molar-refractivity contribution in [3.63, 3.8) is 0 Å². The van der Waals surface area contributed by atoms with Crippen LogP contribution in [0.2, 0.25) is 0 Å². The molecule has 0 unspecified atom stereocenters. The average molecular weight is 298 g/mol. The van der Waals surface area contributed by atoms with E-state index in [1.807, 2.05) is 0 Å². The van der Waals surface area contributed by atoms with E-state index in [0.717, 1.165) is 19.8 Å². The van der Waals surface area contributed by atoms with E-state index < -0.39 is 0 Å². The van der Waals surface area contributed by atoms with Gasteiger partial charge in [0.25, 0.3) is 0 Å². The zero-order valence-electron chi connectivity index (χ0n) is 15.0. The summed E-state index contributed by atoms with van der Waals surface area (Å²) in [4.78, 5) is 5.22. The molecule has 2 atom stereocenters. The third kappa shape index (κ3) is 2.53. The van der Waals surface area contributed by atoms with Gasteiger partial charge in [0.15, 0.2) is 0 Å². The standard InChI is InChI=1S/C20H30N2/c1-13-9-15(3)19(16(4)10-13)21-7-8-22(12-21)20-17(5)11-14(2)18(20)6/h9,11,16,18H,7-8,10,12H2,1-6H3/t16-,18+/m0/s1. The molecule has 2 heteroatoms. The fourth-order valence-electron chi connectivity index (χ4n) is 4.63. The lowest BCUT2D eigenvalue weighted by molar-refractivity contribution is 0.287. The Kier molecular flexibility index (Phi) is 3.96. The first-order chi connectivity index (χ1) is 10.4. The van der Waals surface area contributed by atoms with Crippen molar-refractivity contribution in [3.8, 4) is 0 Å². The van der Waals surface area contributed by atoms with E-state index in [4.69, 9.17) is 0 Å². The van der Waals surface area contributed by atoms with Crippen LogP contribution in [-0.2, 0) is 0 Å². The zero-order chi connectivity index (χ0) is 16.0. The average Bonchev–Trinajstić information content (AvgIpc) is 2.95. The van der Waals surface area contributed by atoms with Gasteiger partial charge in [-0.05, 0) is 45.3 Å². The van der Waals surface area contributed by atoms with Crippen molar-refractivity contribution in [1.82, 2.24) is 9.80 Å². The smallest absolute Gasteiger partial charge is 0.0899 e. The second-order valence-electron chi connectivity index (χ2n) is 7.51. The molecule has 3 rings (SSSR count). The molecule has 3 aliphatic rings. The normalized spacial score (nSPS) is 29.5. The van der Waals surface area contributed by atoms with Crippen molar-refractivity contribution < 1.29 is 0 Å². The Morgan fingerprint density at radius 3 is 2.00 bits per heavy atom. The molecule has 1 aliphatic heterocycles. The molecule has 0 aromatic rings. The summed E-state index contributed by atoms with van der Waals surface area (Å²) < 4.78 is 0. The first kappa shape index (κ1) is 15.5. The molecule has 1 heterocycles. The maximum atomic E-state index is 2.61. The Balaban J connectivity index is 1.79. The summed E-state index contributed by atoms with van der Waals surface area (Å²) in [7, 11) is 0. The van der Waals surface area contributed by atoms with Gasteiger partial charge in [-0.1, -0.05) is 37.1 Å². The molecule has 0 spiro atoms. The molecule has 0 saturated carbocycles. The van der Waals surface area contributed by atoms with Crippen molar-refractivity contribution in [2.75, 3.05) is 19.8 Å². The third-order valence-corrected chi connectivity index (χ3v) is 5.57. The lowest BCUT2D eigenvalue weighted by Gasteiger charge is -2.33. The molecular weight excluding hydrogens is 268 g/mol. The van der Waals surface area contributed by atoms with Gasteiger partial charge in [0.2, 0.25) is 0 Å². The second-order valence-corrected chi connectivity index (χ2v) is 7.51. The quantitative estimate of drug-likeness (QED) is 0.729. The fourth-order valence-corrected chi connectivity index (χ4v) is 4.63. The van der Waals surface area contributed by atoms with Crippen LogP contribution in [0.1, 0.15) is 48.0 Å². The van der Waals surface area contributed by atoms with Crippen LogP contribution >= 0.6 is 0 Å². The Morgan fingerprint density at radius 2 is 1.45 bits per heavy atom.